The van der Waals surface area contributed by atoms with E-state index >= 15 is 0 Å². The molecule has 2 atom stereocenters. The molecule has 0 aromatic heterocycles. The summed E-state index contributed by atoms with van der Waals surface area (Å²) in [6.45, 7) is 4.96. The SMILES string of the molecule is COc1ccc(Cl)cc1CN1CCCC(C)C1CN. The molecule has 2 N–H and O–H groups in total. The zero-order valence-corrected chi connectivity index (χ0v) is 12.5. The van der Waals surface area contributed by atoms with E-state index in [1.807, 2.05) is 18.2 Å². The van der Waals surface area contributed by atoms with Crippen LogP contribution in [0.25, 0.3) is 0 Å². The molecule has 2 unspecified atom stereocenters. The molecule has 106 valence electrons. The van der Waals surface area contributed by atoms with Gasteiger partial charge in [0, 0.05) is 29.7 Å². The Morgan fingerprint density at radius 3 is 2.95 bits per heavy atom. The van der Waals surface area contributed by atoms with Crippen LogP contribution in [0.2, 0.25) is 5.02 Å². The number of likely N-dealkylation sites (tertiary alicyclic amines) is 1. The smallest absolute Gasteiger partial charge is 0.123 e. The molecular weight excluding hydrogens is 260 g/mol. The lowest BCUT2D eigenvalue weighted by atomic mass is 9.90. The highest BCUT2D eigenvalue weighted by Gasteiger charge is 2.27. The molecule has 19 heavy (non-hydrogen) atoms. The van der Waals surface area contributed by atoms with E-state index in [1.165, 1.54) is 12.8 Å². The van der Waals surface area contributed by atoms with Gasteiger partial charge in [0.05, 0.1) is 7.11 Å². The first kappa shape index (κ1) is 14.6. The van der Waals surface area contributed by atoms with Gasteiger partial charge in [0.25, 0.3) is 0 Å². The number of nitrogens with zero attached hydrogens (tertiary/aromatic N) is 1. The second kappa shape index (κ2) is 6.60. The predicted octanol–water partition coefficient (Wildman–Crippen LogP) is 2.91. The van der Waals surface area contributed by atoms with Crippen LogP contribution in [0, 0.1) is 5.92 Å². The van der Waals surface area contributed by atoms with Gasteiger partial charge in [0.15, 0.2) is 0 Å². The largest absolute Gasteiger partial charge is 0.496 e. The molecule has 0 saturated carbocycles. The van der Waals surface area contributed by atoms with E-state index in [9.17, 15) is 0 Å². The van der Waals surface area contributed by atoms with Crippen molar-refractivity contribution in [2.45, 2.75) is 32.4 Å². The van der Waals surface area contributed by atoms with Gasteiger partial charge < -0.3 is 10.5 Å². The molecule has 4 heteroatoms. The zero-order chi connectivity index (χ0) is 13.8. The molecule has 1 aromatic rings. The second-order valence-electron chi connectivity index (χ2n) is 5.35. The molecule has 1 aliphatic heterocycles. The predicted molar refractivity (Wildman–Crippen MR) is 79.7 cm³/mol. The molecule has 0 bridgehead atoms. The minimum Gasteiger partial charge on any atom is -0.496 e. The Morgan fingerprint density at radius 1 is 1.47 bits per heavy atom. The van der Waals surface area contributed by atoms with Crippen molar-refractivity contribution in [1.29, 1.82) is 0 Å². The molecule has 1 aromatic carbocycles. The van der Waals surface area contributed by atoms with Crippen LogP contribution in [0.5, 0.6) is 5.75 Å². The van der Waals surface area contributed by atoms with Crippen molar-refractivity contribution in [3.63, 3.8) is 0 Å². The Labute approximate surface area is 120 Å². The number of halogens is 1. The van der Waals surface area contributed by atoms with Crippen molar-refractivity contribution < 1.29 is 4.74 Å². The topological polar surface area (TPSA) is 38.5 Å². The van der Waals surface area contributed by atoms with Crippen molar-refractivity contribution in [3.05, 3.63) is 28.8 Å². The van der Waals surface area contributed by atoms with Crippen molar-refractivity contribution in [3.8, 4) is 5.75 Å². The van der Waals surface area contributed by atoms with Gasteiger partial charge in [-0.25, -0.2) is 0 Å². The fourth-order valence-corrected chi connectivity index (χ4v) is 3.20. The van der Waals surface area contributed by atoms with Crippen LogP contribution in [0.3, 0.4) is 0 Å². The lowest BCUT2D eigenvalue weighted by Crippen LogP contribution is -2.48. The number of piperidine rings is 1. The number of methoxy groups -OCH3 is 1. The Hall–Kier alpha value is -0.770. The van der Waals surface area contributed by atoms with E-state index in [1.54, 1.807) is 7.11 Å². The maximum atomic E-state index is 6.09. The quantitative estimate of drug-likeness (QED) is 0.923. The summed E-state index contributed by atoms with van der Waals surface area (Å²) in [5.74, 6) is 1.56. The van der Waals surface area contributed by atoms with Gasteiger partial charge in [0.1, 0.15) is 5.75 Å². The van der Waals surface area contributed by atoms with Crippen LogP contribution in [0.4, 0.5) is 0 Å². The Morgan fingerprint density at radius 2 is 2.26 bits per heavy atom. The van der Waals surface area contributed by atoms with Crippen molar-refractivity contribution in [1.82, 2.24) is 4.90 Å². The van der Waals surface area contributed by atoms with Gasteiger partial charge >= 0.3 is 0 Å². The summed E-state index contributed by atoms with van der Waals surface area (Å²) in [7, 11) is 1.70. The first-order chi connectivity index (χ1) is 9.15. The summed E-state index contributed by atoms with van der Waals surface area (Å²) in [5.41, 5.74) is 7.08. The standard InChI is InChI=1S/C15H23ClN2O/c1-11-4-3-7-18(14(11)9-17)10-12-8-13(16)5-6-15(12)19-2/h5-6,8,11,14H,3-4,7,9-10,17H2,1-2H3. The molecule has 3 nitrogen and oxygen atoms in total. The first-order valence-electron chi connectivity index (χ1n) is 6.92. The maximum Gasteiger partial charge on any atom is 0.123 e. The Balaban J connectivity index is 2.17. The lowest BCUT2D eigenvalue weighted by molar-refractivity contribution is 0.0982. The van der Waals surface area contributed by atoms with Gasteiger partial charge in [0.2, 0.25) is 0 Å². The number of nitrogens with two attached hydrogens (primary N) is 1. The minimum atomic E-state index is 0.456. The third-order valence-electron chi connectivity index (χ3n) is 4.09. The van der Waals surface area contributed by atoms with E-state index in [-0.39, 0.29) is 0 Å². The van der Waals surface area contributed by atoms with Gasteiger partial charge in [-0.3, -0.25) is 4.90 Å². The van der Waals surface area contributed by atoms with Crippen LogP contribution in [0.1, 0.15) is 25.3 Å². The van der Waals surface area contributed by atoms with Crippen LogP contribution in [0.15, 0.2) is 18.2 Å². The number of hydrogen-bond donors (Lipinski definition) is 1. The van der Waals surface area contributed by atoms with E-state index in [0.717, 1.165) is 29.4 Å². The summed E-state index contributed by atoms with van der Waals surface area (Å²) in [4.78, 5) is 2.46. The molecular formula is C15H23ClN2O. The zero-order valence-electron chi connectivity index (χ0n) is 11.7. The Kier molecular flexibility index (Phi) is 5.08. The molecule has 1 saturated heterocycles. The average molecular weight is 283 g/mol. The van der Waals surface area contributed by atoms with Gasteiger partial charge in [-0.15, -0.1) is 0 Å². The second-order valence-corrected chi connectivity index (χ2v) is 5.79. The maximum absolute atomic E-state index is 6.09. The molecule has 0 spiro atoms. The van der Waals surface area contributed by atoms with Crippen LogP contribution >= 0.6 is 11.6 Å². The number of hydrogen-bond acceptors (Lipinski definition) is 3. The van der Waals surface area contributed by atoms with Gasteiger partial charge in [-0.05, 0) is 43.5 Å². The average Bonchev–Trinajstić information content (AvgIpc) is 2.39. The van der Waals surface area contributed by atoms with Gasteiger partial charge in [-0.2, -0.15) is 0 Å². The van der Waals surface area contributed by atoms with Crippen LogP contribution < -0.4 is 10.5 Å². The summed E-state index contributed by atoms with van der Waals surface area (Å²) in [6, 6.07) is 6.25. The molecule has 0 amide bonds. The van der Waals surface area contributed by atoms with Gasteiger partial charge in [-0.1, -0.05) is 18.5 Å². The number of ether oxygens (including phenoxy) is 1. The van der Waals surface area contributed by atoms with Crippen molar-refractivity contribution >= 4 is 11.6 Å². The summed E-state index contributed by atoms with van der Waals surface area (Å²) in [5, 5.41) is 0.755. The normalized spacial score (nSPS) is 24.4. The third-order valence-corrected chi connectivity index (χ3v) is 4.32. The first-order valence-corrected chi connectivity index (χ1v) is 7.30. The molecule has 1 fully saturated rings. The number of rotatable bonds is 4. The molecule has 1 heterocycles. The highest BCUT2D eigenvalue weighted by molar-refractivity contribution is 6.30. The van der Waals surface area contributed by atoms with E-state index in [4.69, 9.17) is 22.1 Å². The monoisotopic (exact) mass is 282 g/mol. The minimum absolute atomic E-state index is 0.456. The molecule has 1 aliphatic rings. The summed E-state index contributed by atoms with van der Waals surface area (Å²) >= 11 is 6.09. The summed E-state index contributed by atoms with van der Waals surface area (Å²) < 4.78 is 5.42. The van der Waals surface area contributed by atoms with E-state index < -0.39 is 0 Å². The highest BCUT2D eigenvalue weighted by atomic mass is 35.5. The van der Waals surface area contributed by atoms with Crippen molar-refractivity contribution in [2.24, 2.45) is 11.7 Å². The van der Waals surface area contributed by atoms with Crippen LogP contribution in [-0.4, -0.2) is 31.1 Å². The fraction of sp³-hybridized carbons (Fsp3) is 0.600. The third kappa shape index (κ3) is 3.41. The van der Waals surface area contributed by atoms with Crippen LogP contribution in [-0.2, 0) is 6.54 Å². The summed E-state index contributed by atoms with van der Waals surface area (Å²) in [6.07, 6.45) is 2.51. The van der Waals surface area contributed by atoms with E-state index in [2.05, 4.69) is 11.8 Å². The fourth-order valence-electron chi connectivity index (χ4n) is 3.00. The highest BCUT2D eigenvalue weighted by Crippen LogP contribution is 2.28. The Bertz CT molecular complexity index is 425. The van der Waals surface area contributed by atoms with Crippen molar-refractivity contribution in [2.75, 3.05) is 20.2 Å². The molecule has 0 aliphatic carbocycles. The molecule has 0 radical (unpaired) electrons. The van der Waals surface area contributed by atoms with E-state index in [0.29, 0.717) is 18.5 Å². The number of benzene rings is 1. The molecule has 2 rings (SSSR count). The lowest BCUT2D eigenvalue weighted by Gasteiger charge is -2.39.